The lowest BCUT2D eigenvalue weighted by Crippen LogP contribution is -2.06. The van der Waals surface area contributed by atoms with E-state index in [9.17, 15) is 4.79 Å². The minimum absolute atomic E-state index is 0.123. The molecule has 0 saturated heterocycles. The van der Waals surface area contributed by atoms with Gasteiger partial charge >= 0.3 is 6.47 Å². The van der Waals surface area contributed by atoms with E-state index in [1.807, 2.05) is 24.3 Å². The number of hydrogen-bond acceptors (Lipinski definition) is 3. The van der Waals surface area contributed by atoms with E-state index in [-0.39, 0.29) is 5.92 Å². The number of benzene rings is 2. The highest BCUT2D eigenvalue weighted by Crippen LogP contribution is 2.44. The van der Waals surface area contributed by atoms with Gasteiger partial charge in [0.25, 0.3) is 0 Å². The van der Waals surface area contributed by atoms with Crippen LogP contribution in [0.3, 0.4) is 0 Å². The minimum Gasteiger partial charge on any atom is -0.302 e. The molecule has 0 spiro atoms. The zero-order valence-electron chi connectivity index (χ0n) is 9.71. The van der Waals surface area contributed by atoms with E-state index in [0.29, 0.717) is 13.1 Å². The summed E-state index contributed by atoms with van der Waals surface area (Å²) in [6, 6.07) is 16.5. The molecule has 3 heteroatoms. The van der Waals surface area contributed by atoms with Gasteiger partial charge in [-0.05, 0) is 22.3 Å². The predicted molar refractivity (Wildman–Crippen MR) is 66.8 cm³/mol. The summed E-state index contributed by atoms with van der Waals surface area (Å²) in [5.41, 5.74) is 4.89. The van der Waals surface area contributed by atoms with Crippen molar-refractivity contribution in [2.75, 3.05) is 6.61 Å². The summed E-state index contributed by atoms with van der Waals surface area (Å²) < 4.78 is 0. The van der Waals surface area contributed by atoms with E-state index in [2.05, 4.69) is 29.2 Å². The van der Waals surface area contributed by atoms with Crippen molar-refractivity contribution in [1.82, 2.24) is 0 Å². The Labute approximate surface area is 105 Å². The highest BCUT2D eigenvalue weighted by molar-refractivity contribution is 5.78. The Bertz CT molecular complexity index is 532. The molecule has 3 rings (SSSR count). The molecule has 0 atom stereocenters. The van der Waals surface area contributed by atoms with Gasteiger partial charge in [0, 0.05) is 5.92 Å². The van der Waals surface area contributed by atoms with Crippen molar-refractivity contribution in [2.24, 2.45) is 0 Å². The third-order valence-electron chi connectivity index (χ3n) is 3.30. The van der Waals surface area contributed by atoms with Crippen LogP contribution >= 0.6 is 0 Å². The molecule has 3 nitrogen and oxygen atoms in total. The monoisotopic (exact) mass is 240 g/mol. The van der Waals surface area contributed by atoms with Crippen LogP contribution in [0.5, 0.6) is 0 Å². The molecule has 0 unspecified atom stereocenters. The number of hydrogen-bond donors (Lipinski definition) is 0. The first kappa shape index (κ1) is 11.0. The summed E-state index contributed by atoms with van der Waals surface area (Å²) in [5.74, 6) is 0.123. The average Bonchev–Trinajstić information content (AvgIpc) is 2.74. The predicted octanol–water partition coefficient (Wildman–Crippen LogP) is 2.90. The first-order valence-corrected chi connectivity index (χ1v) is 5.82. The molecule has 90 valence electrons. The highest BCUT2D eigenvalue weighted by atomic mass is 17.2. The van der Waals surface area contributed by atoms with Crippen LogP contribution in [0.15, 0.2) is 48.5 Å². The van der Waals surface area contributed by atoms with Gasteiger partial charge in [-0.2, -0.15) is 4.89 Å². The Morgan fingerprint density at radius 3 is 2.06 bits per heavy atom. The molecule has 0 N–H and O–H groups in total. The molecule has 1 aliphatic rings. The maximum Gasteiger partial charge on any atom is 0.330 e. The molecule has 0 fully saturated rings. The quantitative estimate of drug-likeness (QED) is 0.357. The molecule has 0 heterocycles. The fourth-order valence-electron chi connectivity index (χ4n) is 2.57. The van der Waals surface area contributed by atoms with Crippen LogP contribution in [0.1, 0.15) is 17.0 Å². The fourth-order valence-corrected chi connectivity index (χ4v) is 2.57. The first-order chi connectivity index (χ1) is 8.92. The third kappa shape index (κ3) is 1.69. The summed E-state index contributed by atoms with van der Waals surface area (Å²) >= 11 is 0. The minimum atomic E-state index is 0.123. The van der Waals surface area contributed by atoms with Gasteiger partial charge in [0.2, 0.25) is 0 Å². The van der Waals surface area contributed by atoms with Gasteiger partial charge in [-0.15, -0.1) is 0 Å². The largest absolute Gasteiger partial charge is 0.330 e. The van der Waals surface area contributed by atoms with Gasteiger partial charge in [0.05, 0.1) is 0 Å². The first-order valence-electron chi connectivity index (χ1n) is 5.82. The van der Waals surface area contributed by atoms with E-state index in [0.717, 1.165) is 0 Å². The maximum atomic E-state index is 10.1. The van der Waals surface area contributed by atoms with Gasteiger partial charge in [0.15, 0.2) is 0 Å². The van der Waals surface area contributed by atoms with Gasteiger partial charge < -0.3 is 4.89 Å². The van der Waals surface area contributed by atoms with Crippen LogP contribution in [0.2, 0.25) is 0 Å². The zero-order valence-corrected chi connectivity index (χ0v) is 9.71. The van der Waals surface area contributed by atoms with E-state index in [4.69, 9.17) is 4.89 Å². The standard InChI is InChI=1S/C15H12O3/c16-10-18-17-9-15-13-7-3-1-5-11(13)12-6-2-4-8-14(12)15/h1-8,10,15H,9H2. The van der Waals surface area contributed by atoms with Crippen molar-refractivity contribution in [3.8, 4) is 11.1 Å². The van der Waals surface area contributed by atoms with Crippen LogP contribution in [-0.2, 0) is 14.6 Å². The Morgan fingerprint density at radius 1 is 0.944 bits per heavy atom. The van der Waals surface area contributed by atoms with Crippen LogP contribution in [0, 0.1) is 0 Å². The Morgan fingerprint density at radius 2 is 1.50 bits per heavy atom. The second-order valence-corrected chi connectivity index (χ2v) is 4.20. The molecule has 2 aromatic carbocycles. The number of carbonyl (C=O) groups excluding carboxylic acids is 1. The van der Waals surface area contributed by atoms with Crippen LogP contribution in [0.4, 0.5) is 0 Å². The molecule has 0 bridgehead atoms. The molecular formula is C15H12O3. The van der Waals surface area contributed by atoms with Crippen LogP contribution in [-0.4, -0.2) is 13.1 Å². The van der Waals surface area contributed by atoms with Crippen molar-refractivity contribution in [2.45, 2.75) is 5.92 Å². The number of fused-ring (bicyclic) bond motifs is 3. The molecular weight excluding hydrogens is 228 g/mol. The van der Waals surface area contributed by atoms with Gasteiger partial charge in [-0.1, -0.05) is 48.5 Å². The molecule has 18 heavy (non-hydrogen) atoms. The normalized spacial score (nSPS) is 12.9. The maximum absolute atomic E-state index is 10.1. The number of carbonyl (C=O) groups is 1. The number of rotatable bonds is 4. The highest BCUT2D eigenvalue weighted by Gasteiger charge is 2.28. The summed E-state index contributed by atoms with van der Waals surface area (Å²) in [4.78, 5) is 19.4. The molecule has 1 aliphatic carbocycles. The van der Waals surface area contributed by atoms with Gasteiger partial charge in [0.1, 0.15) is 6.61 Å². The summed E-state index contributed by atoms with van der Waals surface area (Å²) in [6.45, 7) is 0.638. The summed E-state index contributed by atoms with van der Waals surface area (Å²) in [6.07, 6.45) is 0. The Hall–Kier alpha value is -2.13. The molecule has 0 amide bonds. The van der Waals surface area contributed by atoms with E-state index in [1.54, 1.807) is 0 Å². The van der Waals surface area contributed by atoms with E-state index in [1.165, 1.54) is 22.3 Å². The zero-order chi connectivity index (χ0) is 12.4. The Kier molecular flexibility index (Phi) is 2.82. The summed E-state index contributed by atoms with van der Waals surface area (Å²) in [5, 5.41) is 0. The molecule has 2 aromatic rings. The van der Waals surface area contributed by atoms with Gasteiger partial charge in [-0.3, -0.25) is 4.79 Å². The lowest BCUT2D eigenvalue weighted by Gasteiger charge is -2.11. The lowest BCUT2D eigenvalue weighted by atomic mass is 9.98. The third-order valence-corrected chi connectivity index (χ3v) is 3.30. The molecule has 0 aliphatic heterocycles. The lowest BCUT2D eigenvalue weighted by molar-refractivity contribution is -0.259. The SMILES string of the molecule is O=COOCC1c2ccccc2-c2ccccc21. The van der Waals surface area contributed by atoms with Crippen molar-refractivity contribution >= 4 is 6.47 Å². The molecule has 0 aromatic heterocycles. The van der Waals surface area contributed by atoms with Crippen LogP contribution in [0.25, 0.3) is 11.1 Å². The van der Waals surface area contributed by atoms with Crippen LogP contribution < -0.4 is 0 Å². The fraction of sp³-hybridized carbons (Fsp3) is 0.133. The second kappa shape index (κ2) is 4.63. The van der Waals surface area contributed by atoms with Crippen molar-refractivity contribution < 1.29 is 14.6 Å². The van der Waals surface area contributed by atoms with Crippen molar-refractivity contribution in [3.05, 3.63) is 59.7 Å². The van der Waals surface area contributed by atoms with Gasteiger partial charge in [-0.25, -0.2) is 0 Å². The van der Waals surface area contributed by atoms with Crippen molar-refractivity contribution in [3.63, 3.8) is 0 Å². The smallest absolute Gasteiger partial charge is 0.302 e. The second-order valence-electron chi connectivity index (χ2n) is 4.20. The molecule has 0 radical (unpaired) electrons. The Balaban J connectivity index is 2.01. The van der Waals surface area contributed by atoms with E-state index < -0.39 is 0 Å². The summed E-state index contributed by atoms with van der Waals surface area (Å²) in [7, 11) is 0. The van der Waals surface area contributed by atoms with Crippen molar-refractivity contribution in [1.29, 1.82) is 0 Å². The van der Waals surface area contributed by atoms with E-state index >= 15 is 0 Å². The average molecular weight is 240 g/mol. The topological polar surface area (TPSA) is 35.5 Å². The molecule has 0 saturated carbocycles.